The lowest BCUT2D eigenvalue weighted by Gasteiger charge is -2.13. The highest BCUT2D eigenvalue weighted by Gasteiger charge is 2.16. The molecule has 0 aliphatic heterocycles. The molecule has 0 fully saturated rings. The first kappa shape index (κ1) is 22.6. The molecule has 5 nitrogen and oxygen atoms in total. The second-order valence-electron chi connectivity index (χ2n) is 7.88. The molecule has 166 valence electrons. The Labute approximate surface area is 198 Å². The Morgan fingerprint density at radius 2 is 1.88 bits per heavy atom. The molecule has 0 saturated heterocycles. The zero-order valence-electron chi connectivity index (χ0n) is 18.0. The number of rotatable bonds is 9. The van der Waals surface area contributed by atoms with Crippen molar-refractivity contribution in [3.8, 4) is 11.4 Å². The molecule has 7 heteroatoms. The van der Waals surface area contributed by atoms with Gasteiger partial charge in [0, 0.05) is 17.1 Å². The monoisotopic (exact) mass is 466 g/mol. The summed E-state index contributed by atoms with van der Waals surface area (Å²) in [6.45, 7) is 1.32. The van der Waals surface area contributed by atoms with E-state index in [1.807, 2.05) is 42.5 Å². The largest absolute Gasteiger partial charge is 0.355 e. The number of hydrogen-bond donors (Lipinski definition) is 1. The van der Waals surface area contributed by atoms with Gasteiger partial charge in [0.05, 0.1) is 12.3 Å². The predicted octanol–water partition coefficient (Wildman–Crippen LogP) is 5.75. The maximum atomic E-state index is 12.4. The normalized spacial score (nSPS) is 13.6. The van der Waals surface area contributed by atoms with Crippen molar-refractivity contribution in [1.29, 1.82) is 0 Å². The van der Waals surface area contributed by atoms with Crippen LogP contribution in [0.2, 0.25) is 5.02 Å². The van der Waals surface area contributed by atoms with Crippen LogP contribution in [0, 0.1) is 0 Å². The van der Waals surface area contributed by atoms with Crippen molar-refractivity contribution in [3.63, 3.8) is 0 Å². The smallest absolute Gasteiger partial charge is 0.230 e. The molecule has 0 atom stereocenters. The molecule has 0 radical (unpaired) electrons. The van der Waals surface area contributed by atoms with E-state index >= 15 is 0 Å². The van der Waals surface area contributed by atoms with Crippen LogP contribution < -0.4 is 5.32 Å². The fourth-order valence-electron chi connectivity index (χ4n) is 3.79. The number of carbonyl (C=O) groups excluding carboxylic acids is 1. The molecule has 1 amide bonds. The van der Waals surface area contributed by atoms with Crippen molar-refractivity contribution in [2.24, 2.45) is 0 Å². The maximum Gasteiger partial charge on any atom is 0.230 e. The highest BCUT2D eigenvalue weighted by molar-refractivity contribution is 7.99. The average molecular weight is 467 g/mol. The number of amides is 1. The van der Waals surface area contributed by atoms with Crippen LogP contribution in [0.15, 0.2) is 71.4 Å². The van der Waals surface area contributed by atoms with Crippen LogP contribution in [0.1, 0.15) is 37.7 Å². The summed E-state index contributed by atoms with van der Waals surface area (Å²) in [6, 6.07) is 17.8. The predicted molar refractivity (Wildman–Crippen MR) is 131 cm³/mol. The third-order valence-corrected chi connectivity index (χ3v) is 6.71. The second-order valence-corrected chi connectivity index (χ2v) is 9.26. The van der Waals surface area contributed by atoms with Crippen molar-refractivity contribution in [1.82, 2.24) is 20.1 Å². The van der Waals surface area contributed by atoms with E-state index in [1.165, 1.54) is 43.0 Å². The van der Waals surface area contributed by atoms with Gasteiger partial charge in [-0.2, -0.15) is 0 Å². The minimum Gasteiger partial charge on any atom is -0.355 e. The van der Waals surface area contributed by atoms with Gasteiger partial charge >= 0.3 is 0 Å². The number of nitrogens with one attached hydrogen (secondary N) is 1. The molecular formula is C25H27ClN4OS. The van der Waals surface area contributed by atoms with Crippen LogP contribution in [0.3, 0.4) is 0 Å². The molecule has 1 aromatic heterocycles. The Morgan fingerprint density at radius 1 is 1.06 bits per heavy atom. The average Bonchev–Trinajstić information content (AvgIpc) is 3.22. The fourth-order valence-corrected chi connectivity index (χ4v) is 4.69. The minimum absolute atomic E-state index is 0.0220. The van der Waals surface area contributed by atoms with E-state index in [9.17, 15) is 4.79 Å². The highest BCUT2D eigenvalue weighted by atomic mass is 35.5. The number of nitrogens with zero attached hydrogens (tertiary/aromatic N) is 3. The summed E-state index contributed by atoms with van der Waals surface area (Å²) in [5.74, 6) is 1.10. The number of aromatic nitrogens is 3. The second kappa shape index (κ2) is 11.3. The van der Waals surface area contributed by atoms with Gasteiger partial charge in [0.15, 0.2) is 11.0 Å². The van der Waals surface area contributed by atoms with Gasteiger partial charge in [0.1, 0.15) is 0 Å². The molecule has 2 aromatic carbocycles. The van der Waals surface area contributed by atoms with E-state index in [-0.39, 0.29) is 5.91 Å². The van der Waals surface area contributed by atoms with E-state index in [0.29, 0.717) is 23.9 Å². The van der Waals surface area contributed by atoms with Crippen LogP contribution in [-0.2, 0) is 11.3 Å². The zero-order chi connectivity index (χ0) is 22.2. The lowest BCUT2D eigenvalue weighted by atomic mass is 9.97. The summed E-state index contributed by atoms with van der Waals surface area (Å²) in [5.41, 5.74) is 3.56. The van der Waals surface area contributed by atoms with Gasteiger partial charge in [-0.05, 0) is 61.9 Å². The van der Waals surface area contributed by atoms with Gasteiger partial charge in [0.25, 0.3) is 0 Å². The first-order valence-corrected chi connectivity index (χ1v) is 12.4. The summed E-state index contributed by atoms with van der Waals surface area (Å²) >= 11 is 7.47. The van der Waals surface area contributed by atoms with Crippen molar-refractivity contribution in [3.05, 3.63) is 76.8 Å². The van der Waals surface area contributed by atoms with Gasteiger partial charge < -0.3 is 5.32 Å². The molecule has 1 aliphatic rings. The topological polar surface area (TPSA) is 59.8 Å². The summed E-state index contributed by atoms with van der Waals surface area (Å²) in [7, 11) is 0. The molecule has 0 spiro atoms. The van der Waals surface area contributed by atoms with Crippen LogP contribution in [0.4, 0.5) is 0 Å². The van der Waals surface area contributed by atoms with E-state index < -0.39 is 0 Å². The third-order valence-electron chi connectivity index (χ3n) is 5.49. The molecule has 1 aliphatic carbocycles. The molecule has 1 heterocycles. The lowest BCUT2D eigenvalue weighted by Crippen LogP contribution is -2.26. The van der Waals surface area contributed by atoms with Crippen molar-refractivity contribution in [2.75, 3.05) is 12.3 Å². The minimum atomic E-state index is 0.0220. The van der Waals surface area contributed by atoms with Crippen molar-refractivity contribution >= 4 is 29.3 Å². The fraction of sp³-hybridized carbons (Fsp3) is 0.320. The first-order valence-electron chi connectivity index (χ1n) is 11.0. The van der Waals surface area contributed by atoms with Crippen LogP contribution in [0.25, 0.3) is 11.4 Å². The molecule has 0 unspecified atom stereocenters. The Kier molecular flexibility index (Phi) is 8.02. The van der Waals surface area contributed by atoms with Gasteiger partial charge in [-0.3, -0.25) is 9.36 Å². The number of allylic oxidation sites excluding steroid dienone is 1. The molecule has 32 heavy (non-hydrogen) atoms. The quantitative estimate of drug-likeness (QED) is 0.322. The number of carbonyl (C=O) groups is 1. The summed E-state index contributed by atoms with van der Waals surface area (Å²) in [6.07, 6.45) is 8.17. The van der Waals surface area contributed by atoms with Crippen LogP contribution in [-0.4, -0.2) is 33.0 Å². The number of halogens is 1. The SMILES string of the molecule is O=C(CSc1nnc(-c2ccc(Cl)cc2)n1Cc1ccccc1)NCCC1=CCCCC1. The number of benzene rings is 2. The van der Waals surface area contributed by atoms with Gasteiger partial charge in [-0.1, -0.05) is 65.3 Å². The van der Waals surface area contributed by atoms with Gasteiger partial charge in [-0.25, -0.2) is 0 Å². The molecule has 0 saturated carbocycles. The van der Waals surface area contributed by atoms with Crippen molar-refractivity contribution in [2.45, 2.75) is 43.8 Å². The Hall–Kier alpha value is -2.57. The third kappa shape index (κ3) is 6.24. The maximum absolute atomic E-state index is 12.4. The molecule has 3 aromatic rings. The van der Waals surface area contributed by atoms with E-state index in [2.05, 4.69) is 38.3 Å². The van der Waals surface area contributed by atoms with E-state index in [4.69, 9.17) is 11.6 Å². The molecular weight excluding hydrogens is 440 g/mol. The summed E-state index contributed by atoms with van der Waals surface area (Å²) in [5, 5.41) is 13.3. The first-order chi connectivity index (χ1) is 15.7. The van der Waals surface area contributed by atoms with Gasteiger partial charge in [0.2, 0.25) is 5.91 Å². The Morgan fingerprint density at radius 3 is 2.62 bits per heavy atom. The lowest BCUT2D eigenvalue weighted by molar-refractivity contribution is -0.118. The summed E-state index contributed by atoms with van der Waals surface area (Å²) in [4.78, 5) is 12.4. The standard InChI is InChI=1S/C25H27ClN4OS/c26-22-13-11-21(12-14-22)24-28-29-25(30(24)17-20-9-5-2-6-10-20)32-18-23(31)27-16-15-19-7-3-1-4-8-19/h2,5-7,9-14H,1,3-4,8,15-18H2,(H,27,31). The van der Waals surface area contributed by atoms with Crippen LogP contribution >= 0.6 is 23.4 Å². The van der Waals surface area contributed by atoms with E-state index in [1.54, 1.807) is 0 Å². The molecule has 4 rings (SSSR count). The summed E-state index contributed by atoms with van der Waals surface area (Å²) < 4.78 is 2.06. The van der Waals surface area contributed by atoms with Crippen LogP contribution in [0.5, 0.6) is 0 Å². The number of thioether (sulfide) groups is 1. The zero-order valence-corrected chi connectivity index (χ0v) is 19.5. The Balaban J connectivity index is 1.42. The molecule has 1 N–H and O–H groups in total. The molecule has 0 bridgehead atoms. The van der Waals surface area contributed by atoms with E-state index in [0.717, 1.165) is 28.5 Å². The van der Waals surface area contributed by atoms with Gasteiger partial charge in [-0.15, -0.1) is 10.2 Å². The number of hydrogen-bond acceptors (Lipinski definition) is 4. The Bertz CT molecular complexity index is 1060. The highest BCUT2D eigenvalue weighted by Crippen LogP contribution is 2.26. The van der Waals surface area contributed by atoms with Crippen molar-refractivity contribution < 1.29 is 4.79 Å².